The highest BCUT2D eigenvalue weighted by Gasteiger charge is 2.15. The molecule has 0 nitrogen and oxygen atoms in total. The molecule has 1 atom stereocenters. The van der Waals surface area contributed by atoms with E-state index in [1.807, 2.05) is 6.07 Å². The van der Waals surface area contributed by atoms with Gasteiger partial charge < -0.3 is 0 Å². The van der Waals surface area contributed by atoms with Gasteiger partial charge in [0.15, 0.2) is 0 Å². The van der Waals surface area contributed by atoms with Crippen LogP contribution in [0.25, 0.3) is 0 Å². The Kier molecular flexibility index (Phi) is 5.29. The Hall–Kier alpha value is 1.91. The van der Waals surface area contributed by atoms with E-state index in [1.165, 1.54) is 0 Å². The highest BCUT2D eigenvalue weighted by molar-refractivity contribution is 9.15. The lowest BCUT2D eigenvalue weighted by molar-refractivity contribution is 1.31. The molecule has 13 heavy (non-hydrogen) atoms. The molecule has 0 aliphatic carbocycles. The van der Waals surface area contributed by atoms with Gasteiger partial charge in [-0.25, -0.2) is 0 Å². The van der Waals surface area contributed by atoms with Crippen LogP contribution in [-0.4, -0.2) is 0 Å². The first-order valence-electron chi connectivity index (χ1n) is 3.06. The zero-order chi connectivity index (χ0) is 10.2. The van der Waals surface area contributed by atoms with Gasteiger partial charge in [-0.3, -0.25) is 0 Å². The van der Waals surface area contributed by atoms with Gasteiger partial charge in [0.25, 0.3) is 0 Å². The van der Waals surface area contributed by atoms with Crippen LogP contribution in [-0.2, 0) is 0 Å². The topological polar surface area (TPSA) is 0 Å². The van der Waals surface area contributed by atoms with E-state index < -0.39 is 0 Å². The molecule has 0 saturated carbocycles. The van der Waals surface area contributed by atoms with Crippen molar-refractivity contribution in [2.45, 2.75) is 4.29 Å². The molecule has 1 aromatic rings. The molecule has 0 aliphatic rings. The lowest BCUT2D eigenvalue weighted by Crippen LogP contribution is -1.87. The van der Waals surface area contributed by atoms with Crippen molar-refractivity contribution in [3.8, 4) is 0 Å². The average molecular weight is 521 g/mol. The number of rotatable bonds is 1. The molecular weight excluding hydrogens is 519 g/mol. The van der Waals surface area contributed by atoms with Gasteiger partial charge in [-0.05, 0) is 75.3 Å². The van der Waals surface area contributed by atoms with Gasteiger partial charge in [0.1, 0.15) is 4.29 Å². The molecule has 0 saturated heterocycles. The Morgan fingerprint density at radius 2 is 1.54 bits per heavy atom. The van der Waals surface area contributed by atoms with Gasteiger partial charge in [0, 0.05) is 17.9 Å². The Balaban J connectivity index is 3.41. The first kappa shape index (κ1) is 13.0. The third-order valence-electron chi connectivity index (χ3n) is 1.37. The van der Waals surface area contributed by atoms with Crippen LogP contribution in [0, 0.1) is 0 Å². The summed E-state index contributed by atoms with van der Waals surface area (Å²) in [6.45, 7) is 0. The summed E-state index contributed by atoms with van der Waals surface area (Å²) in [4.78, 5) is 0. The largest absolute Gasteiger partial charge is 0.115 e. The molecular formula is C7H2Br5Cl. The highest BCUT2D eigenvalue weighted by atomic mass is 79.9. The molecule has 1 aromatic carbocycles. The van der Waals surface area contributed by atoms with E-state index in [9.17, 15) is 0 Å². The van der Waals surface area contributed by atoms with Crippen LogP contribution in [0.15, 0.2) is 24.0 Å². The van der Waals surface area contributed by atoms with E-state index in [4.69, 9.17) is 11.6 Å². The van der Waals surface area contributed by atoms with E-state index >= 15 is 0 Å². The van der Waals surface area contributed by atoms with E-state index in [2.05, 4.69) is 79.6 Å². The number of benzene rings is 1. The molecule has 0 radical (unpaired) electrons. The molecule has 1 unspecified atom stereocenters. The van der Waals surface area contributed by atoms with E-state index in [0.29, 0.717) is 0 Å². The summed E-state index contributed by atoms with van der Waals surface area (Å²) in [5.41, 5.74) is 0.976. The van der Waals surface area contributed by atoms with Crippen LogP contribution in [0.5, 0.6) is 0 Å². The lowest BCUT2D eigenvalue weighted by Gasteiger charge is -2.10. The fourth-order valence-corrected chi connectivity index (χ4v) is 4.00. The SMILES string of the molecule is ClC(Br)c1cc(Br)c(Br)c(Br)c1Br. The van der Waals surface area contributed by atoms with Crippen molar-refractivity contribution in [2.24, 2.45) is 0 Å². The van der Waals surface area contributed by atoms with Crippen LogP contribution in [0.3, 0.4) is 0 Å². The van der Waals surface area contributed by atoms with Crippen LogP contribution in [0.4, 0.5) is 0 Å². The Bertz CT molecular complexity index is 336. The van der Waals surface area contributed by atoms with Crippen LogP contribution in [0.2, 0.25) is 0 Å². The second-order valence-electron chi connectivity index (χ2n) is 2.19. The zero-order valence-corrected chi connectivity index (χ0v) is 14.6. The van der Waals surface area contributed by atoms with E-state index in [0.717, 1.165) is 23.5 Å². The normalized spacial score (nSPS) is 13.1. The summed E-state index contributed by atoms with van der Waals surface area (Å²) in [6, 6.07) is 1.95. The molecule has 0 heterocycles. The van der Waals surface area contributed by atoms with Gasteiger partial charge in [-0.2, -0.15) is 0 Å². The molecule has 6 heteroatoms. The molecule has 0 spiro atoms. The monoisotopic (exact) mass is 516 g/mol. The van der Waals surface area contributed by atoms with Gasteiger partial charge in [-0.1, -0.05) is 15.9 Å². The maximum atomic E-state index is 5.93. The summed E-state index contributed by atoms with van der Waals surface area (Å²) in [6.07, 6.45) is 0. The lowest BCUT2D eigenvalue weighted by atomic mass is 10.2. The van der Waals surface area contributed by atoms with E-state index in [1.54, 1.807) is 0 Å². The van der Waals surface area contributed by atoms with Crippen molar-refractivity contribution in [1.29, 1.82) is 0 Å². The van der Waals surface area contributed by atoms with E-state index in [-0.39, 0.29) is 4.29 Å². The minimum Gasteiger partial charge on any atom is -0.105 e. The summed E-state index contributed by atoms with van der Waals surface area (Å²) in [5.74, 6) is 0. The number of alkyl halides is 2. The number of hydrogen-bond donors (Lipinski definition) is 0. The molecule has 0 fully saturated rings. The first-order valence-corrected chi connectivity index (χ1v) is 7.58. The minimum atomic E-state index is -0.206. The minimum absolute atomic E-state index is 0.206. The van der Waals surface area contributed by atoms with Crippen LogP contribution < -0.4 is 0 Å². The molecule has 1 rings (SSSR count). The van der Waals surface area contributed by atoms with Crippen LogP contribution >= 0.6 is 91.3 Å². The quantitative estimate of drug-likeness (QED) is 0.229. The molecule has 0 N–H and O–H groups in total. The summed E-state index contributed by atoms with van der Waals surface area (Å²) in [5, 5.41) is 0. The fourth-order valence-electron chi connectivity index (χ4n) is 0.750. The molecule has 72 valence electrons. The van der Waals surface area contributed by atoms with Gasteiger partial charge in [-0.15, -0.1) is 11.6 Å². The third-order valence-corrected chi connectivity index (χ3v) is 6.79. The maximum absolute atomic E-state index is 5.93. The average Bonchev–Trinajstić information content (AvgIpc) is 2.07. The smallest absolute Gasteiger partial charge is 0.105 e. The Morgan fingerprint density at radius 1 is 1.00 bits per heavy atom. The van der Waals surface area contributed by atoms with Crippen molar-refractivity contribution in [2.75, 3.05) is 0 Å². The van der Waals surface area contributed by atoms with Gasteiger partial charge >= 0.3 is 0 Å². The van der Waals surface area contributed by atoms with Crippen molar-refractivity contribution < 1.29 is 0 Å². The predicted molar refractivity (Wildman–Crippen MR) is 74.8 cm³/mol. The van der Waals surface area contributed by atoms with Crippen molar-refractivity contribution in [3.63, 3.8) is 0 Å². The second kappa shape index (κ2) is 5.30. The summed E-state index contributed by atoms with van der Waals surface area (Å²) >= 11 is 23.0. The highest BCUT2D eigenvalue weighted by Crippen LogP contribution is 2.43. The summed E-state index contributed by atoms with van der Waals surface area (Å²) < 4.78 is 3.61. The maximum Gasteiger partial charge on any atom is 0.115 e. The molecule has 0 aromatic heterocycles. The molecule has 0 amide bonds. The molecule has 0 aliphatic heterocycles. The number of hydrogen-bond acceptors (Lipinski definition) is 0. The van der Waals surface area contributed by atoms with Crippen molar-refractivity contribution >= 4 is 91.3 Å². The number of halogens is 6. The third kappa shape index (κ3) is 2.94. The standard InChI is InChI=1S/C7H2Br5Cl/c8-3-1-2(7(12)13)4(9)6(11)5(3)10/h1,7H. The van der Waals surface area contributed by atoms with Gasteiger partial charge in [0.2, 0.25) is 0 Å². The molecule has 0 bridgehead atoms. The van der Waals surface area contributed by atoms with Crippen molar-refractivity contribution in [3.05, 3.63) is 29.5 Å². The second-order valence-corrected chi connectivity index (χ2v) is 7.30. The first-order chi connectivity index (χ1) is 5.95. The van der Waals surface area contributed by atoms with Crippen LogP contribution in [0.1, 0.15) is 9.85 Å². The van der Waals surface area contributed by atoms with Gasteiger partial charge in [0.05, 0.1) is 0 Å². The fraction of sp³-hybridized carbons (Fsp3) is 0.143. The van der Waals surface area contributed by atoms with Crippen molar-refractivity contribution in [1.82, 2.24) is 0 Å². The zero-order valence-electron chi connectivity index (χ0n) is 5.92. The summed E-state index contributed by atoms with van der Waals surface area (Å²) in [7, 11) is 0. The Morgan fingerprint density at radius 3 is 2.00 bits per heavy atom. The Labute approximate surface area is 123 Å². The predicted octanol–water partition coefficient (Wildman–Crippen LogP) is 6.37.